The molecule has 0 fully saturated rings. The molecule has 3 heteroatoms. The van der Waals surface area contributed by atoms with Crippen LogP contribution in [0.3, 0.4) is 0 Å². The summed E-state index contributed by atoms with van der Waals surface area (Å²) in [5.41, 5.74) is 16.0. The van der Waals surface area contributed by atoms with Crippen molar-refractivity contribution in [3.8, 4) is 44.8 Å². The second-order valence-electron chi connectivity index (χ2n) is 14.4. The number of hydrogen-bond acceptors (Lipinski definition) is 3. The molecule has 3 nitrogen and oxygen atoms in total. The van der Waals surface area contributed by atoms with Crippen LogP contribution >= 0.6 is 0 Å². The SMILES string of the molecule is CC1(C)c2ccccc2-c2ccc(N(c3ccc(-c4ccccc4)cc3)c3ccc(-c4cccc5c4ccc4oc(-c6ccccc6)nc45)cc3)cc21. The van der Waals surface area contributed by atoms with Crippen LogP contribution in [0.5, 0.6) is 0 Å². The van der Waals surface area contributed by atoms with Crippen molar-refractivity contribution in [1.82, 2.24) is 4.98 Å². The molecule has 1 aliphatic carbocycles. The van der Waals surface area contributed by atoms with Crippen molar-refractivity contribution in [1.29, 1.82) is 0 Å². The topological polar surface area (TPSA) is 29.3 Å². The highest BCUT2D eigenvalue weighted by Gasteiger charge is 2.35. The zero-order valence-corrected chi connectivity index (χ0v) is 29.6. The van der Waals surface area contributed by atoms with Crippen LogP contribution in [0, 0.1) is 0 Å². The average Bonchev–Trinajstić information content (AvgIpc) is 3.76. The van der Waals surface area contributed by atoms with E-state index in [4.69, 9.17) is 9.40 Å². The molecule has 0 unspecified atom stereocenters. The molecule has 8 aromatic carbocycles. The second-order valence-corrected chi connectivity index (χ2v) is 14.4. The number of benzene rings is 8. The minimum atomic E-state index is -0.0971. The highest BCUT2D eigenvalue weighted by Crippen LogP contribution is 2.50. The molecule has 53 heavy (non-hydrogen) atoms. The van der Waals surface area contributed by atoms with Gasteiger partial charge in [0.05, 0.1) is 0 Å². The van der Waals surface area contributed by atoms with Gasteiger partial charge in [0.15, 0.2) is 5.58 Å². The molecule has 1 aromatic heterocycles. The molecule has 1 heterocycles. The molecule has 0 amide bonds. The number of anilines is 3. The summed E-state index contributed by atoms with van der Waals surface area (Å²) in [5, 5.41) is 2.23. The quantitative estimate of drug-likeness (QED) is 0.175. The van der Waals surface area contributed by atoms with Gasteiger partial charge in [0.25, 0.3) is 0 Å². The summed E-state index contributed by atoms with van der Waals surface area (Å²) in [4.78, 5) is 7.33. The lowest BCUT2D eigenvalue weighted by Gasteiger charge is -2.28. The maximum absolute atomic E-state index is 6.21. The third-order valence-corrected chi connectivity index (χ3v) is 10.9. The van der Waals surface area contributed by atoms with Crippen molar-refractivity contribution in [2.45, 2.75) is 19.3 Å². The van der Waals surface area contributed by atoms with Crippen molar-refractivity contribution in [2.75, 3.05) is 4.90 Å². The van der Waals surface area contributed by atoms with E-state index in [9.17, 15) is 0 Å². The van der Waals surface area contributed by atoms with Crippen LogP contribution in [0.1, 0.15) is 25.0 Å². The summed E-state index contributed by atoms with van der Waals surface area (Å²) >= 11 is 0. The molecule has 10 rings (SSSR count). The Bertz CT molecular complexity index is 2780. The van der Waals surface area contributed by atoms with E-state index >= 15 is 0 Å². The van der Waals surface area contributed by atoms with Gasteiger partial charge in [-0.05, 0) is 111 Å². The number of nitrogens with zero attached hydrogens (tertiary/aromatic N) is 2. The van der Waals surface area contributed by atoms with Gasteiger partial charge in [0, 0.05) is 33.4 Å². The lowest BCUT2D eigenvalue weighted by atomic mass is 9.82. The van der Waals surface area contributed by atoms with E-state index < -0.39 is 0 Å². The average molecular weight is 681 g/mol. The first-order valence-corrected chi connectivity index (χ1v) is 18.2. The second kappa shape index (κ2) is 12.2. The van der Waals surface area contributed by atoms with E-state index in [-0.39, 0.29) is 5.41 Å². The summed E-state index contributed by atoms with van der Waals surface area (Å²) in [5.74, 6) is 0.638. The number of hydrogen-bond donors (Lipinski definition) is 0. The highest BCUT2D eigenvalue weighted by atomic mass is 16.3. The molecule has 0 bridgehead atoms. The zero-order valence-electron chi connectivity index (χ0n) is 29.6. The molecule has 0 atom stereocenters. The molecule has 1 aliphatic rings. The van der Waals surface area contributed by atoms with Gasteiger partial charge >= 0.3 is 0 Å². The standard InChI is InChI=1S/C50H36N2O/c1-50(2)45-19-10-9-16-42(45)43-29-28-39(32-46(43)50)52(37-24-20-34(21-25-37)33-12-5-3-6-13-33)38-26-22-35(23-27-38)40-17-11-18-44-41(40)30-31-47-48(44)51-49(53-47)36-14-7-4-8-15-36/h3-32H,1-2H3. The summed E-state index contributed by atoms with van der Waals surface area (Å²) in [6.45, 7) is 4.68. The van der Waals surface area contributed by atoms with E-state index in [0.29, 0.717) is 5.89 Å². The first-order chi connectivity index (χ1) is 26.0. The van der Waals surface area contributed by atoms with Crippen LogP contribution in [0.4, 0.5) is 17.1 Å². The maximum atomic E-state index is 6.21. The fraction of sp³-hybridized carbons (Fsp3) is 0.0600. The lowest BCUT2D eigenvalue weighted by Crippen LogP contribution is -2.16. The van der Waals surface area contributed by atoms with Crippen LogP contribution < -0.4 is 4.90 Å². The third-order valence-electron chi connectivity index (χ3n) is 10.9. The Morgan fingerprint density at radius 2 is 1.02 bits per heavy atom. The van der Waals surface area contributed by atoms with Gasteiger partial charge < -0.3 is 9.32 Å². The molecule has 0 saturated carbocycles. The summed E-state index contributed by atoms with van der Waals surface area (Å²) in [6.07, 6.45) is 0. The Kier molecular flexibility index (Phi) is 7.16. The Hall–Kier alpha value is -6.71. The van der Waals surface area contributed by atoms with Crippen LogP contribution in [0.25, 0.3) is 66.7 Å². The van der Waals surface area contributed by atoms with Gasteiger partial charge in [-0.2, -0.15) is 0 Å². The Morgan fingerprint density at radius 1 is 0.434 bits per heavy atom. The van der Waals surface area contributed by atoms with Crippen molar-refractivity contribution in [3.05, 3.63) is 193 Å². The van der Waals surface area contributed by atoms with E-state index in [2.05, 4.69) is 164 Å². The Labute approximate surface area is 309 Å². The molecular formula is C50H36N2O. The first kappa shape index (κ1) is 31.1. The van der Waals surface area contributed by atoms with Crippen molar-refractivity contribution < 1.29 is 4.42 Å². The van der Waals surface area contributed by atoms with Gasteiger partial charge in [0.1, 0.15) is 5.52 Å². The van der Waals surface area contributed by atoms with Gasteiger partial charge in [-0.25, -0.2) is 4.98 Å². The highest BCUT2D eigenvalue weighted by molar-refractivity contribution is 6.09. The van der Waals surface area contributed by atoms with Gasteiger partial charge in [-0.1, -0.05) is 135 Å². The van der Waals surface area contributed by atoms with Crippen LogP contribution in [0.15, 0.2) is 186 Å². The summed E-state index contributed by atoms with van der Waals surface area (Å²) in [7, 11) is 0. The Balaban J connectivity index is 1.06. The Morgan fingerprint density at radius 3 is 1.75 bits per heavy atom. The molecular weight excluding hydrogens is 645 g/mol. The molecule has 0 saturated heterocycles. The molecule has 0 N–H and O–H groups in total. The van der Waals surface area contributed by atoms with Crippen LogP contribution in [-0.2, 0) is 5.41 Å². The fourth-order valence-electron chi connectivity index (χ4n) is 8.21. The lowest BCUT2D eigenvalue weighted by molar-refractivity contribution is 0.620. The fourth-order valence-corrected chi connectivity index (χ4v) is 8.21. The van der Waals surface area contributed by atoms with Crippen LogP contribution in [-0.4, -0.2) is 4.98 Å². The molecule has 0 radical (unpaired) electrons. The van der Waals surface area contributed by atoms with Gasteiger partial charge in [-0.3, -0.25) is 0 Å². The number of aromatic nitrogens is 1. The van der Waals surface area contributed by atoms with Gasteiger partial charge in [0.2, 0.25) is 5.89 Å². The van der Waals surface area contributed by atoms with E-state index in [1.54, 1.807) is 0 Å². The summed E-state index contributed by atoms with van der Waals surface area (Å²) in [6, 6.07) is 65.0. The number of fused-ring (bicyclic) bond motifs is 6. The predicted molar refractivity (Wildman–Crippen MR) is 220 cm³/mol. The molecule has 0 spiro atoms. The van der Waals surface area contributed by atoms with Gasteiger partial charge in [-0.15, -0.1) is 0 Å². The minimum absolute atomic E-state index is 0.0971. The maximum Gasteiger partial charge on any atom is 0.227 e. The largest absolute Gasteiger partial charge is 0.436 e. The smallest absolute Gasteiger partial charge is 0.227 e. The molecule has 9 aromatic rings. The molecule has 252 valence electrons. The van der Waals surface area contributed by atoms with Crippen molar-refractivity contribution >= 4 is 38.9 Å². The number of rotatable bonds is 6. The first-order valence-electron chi connectivity index (χ1n) is 18.2. The monoisotopic (exact) mass is 680 g/mol. The number of oxazole rings is 1. The van der Waals surface area contributed by atoms with E-state index in [1.807, 2.05) is 36.4 Å². The van der Waals surface area contributed by atoms with Crippen molar-refractivity contribution in [2.24, 2.45) is 0 Å². The minimum Gasteiger partial charge on any atom is -0.436 e. The third kappa shape index (κ3) is 5.16. The molecule has 0 aliphatic heterocycles. The van der Waals surface area contributed by atoms with Crippen LogP contribution in [0.2, 0.25) is 0 Å². The summed E-state index contributed by atoms with van der Waals surface area (Å²) < 4.78 is 6.21. The zero-order chi connectivity index (χ0) is 35.5. The normalized spacial score (nSPS) is 12.9. The van der Waals surface area contributed by atoms with E-state index in [0.717, 1.165) is 55.6 Å². The van der Waals surface area contributed by atoms with E-state index in [1.165, 1.54) is 33.4 Å². The van der Waals surface area contributed by atoms with Crippen molar-refractivity contribution in [3.63, 3.8) is 0 Å². The predicted octanol–water partition coefficient (Wildman–Crippen LogP) is 13.8.